The first-order valence-corrected chi connectivity index (χ1v) is 14.7. The Labute approximate surface area is 230 Å². The molecule has 1 fully saturated rings. The summed E-state index contributed by atoms with van der Waals surface area (Å²) in [6.07, 6.45) is 0. The number of allylic oxidation sites excluding steroid dienone is 8. The van der Waals surface area contributed by atoms with Crippen molar-refractivity contribution < 1.29 is 9.59 Å². The molecule has 3 heteroatoms. The second kappa shape index (κ2) is 9.95. The molecule has 4 unspecified atom stereocenters. The van der Waals surface area contributed by atoms with Gasteiger partial charge >= 0.3 is 0 Å². The lowest BCUT2D eigenvalue weighted by Gasteiger charge is -2.41. The monoisotopic (exact) mass is 520 g/mol. The van der Waals surface area contributed by atoms with Crippen LogP contribution >= 0.6 is 11.3 Å². The van der Waals surface area contributed by atoms with Crippen LogP contribution in [0.15, 0.2) is 45.6 Å². The minimum atomic E-state index is -0.100. The largest absolute Gasteiger partial charge is 0.299 e. The summed E-state index contributed by atoms with van der Waals surface area (Å²) in [6.45, 7) is 30.6. The molecule has 0 aliphatic heterocycles. The van der Waals surface area contributed by atoms with Crippen molar-refractivity contribution in [3.05, 3.63) is 55.3 Å². The molecule has 4 atom stereocenters. The Balaban J connectivity index is 2.35. The van der Waals surface area contributed by atoms with E-state index in [0.29, 0.717) is 5.78 Å². The van der Waals surface area contributed by atoms with E-state index in [1.54, 1.807) is 0 Å². The van der Waals surface area contributed by atoms with Crippen molar-refractivity contribution >= 4 is 34.0 Å². The Morgan fingerprint density at radius 3 is 1.38 bits per heavy atom. The number of hydrogen-bond acceptors (Lipinski definition) is 3. The van der Waals surface area contributed by atoms with Crippen molar-refractivity contribution in [2.24, 2.45) is 34.5 Å². The first-order valence-electron chi connectivity index (χ1n) is 13.9. The molecule has 1 aromatic rings. The number of Topliss-reactive ketones (excluding diaryl/α,β-unsaturated/α-hetero) is 2. The lowest BCUT2D eigenvalue weighted by atomic mass is 9.63. The molecule has 37 heavy (non-hydrogen) atoms. The Hall–Kier alpha value is -2.00. The van der Waals surface area contributed by atoms with Crippen LogP contribution in [0.1, 0.15) is 107 Å². The summed E-state index contributed by atoms with van der Waals surface area (Å²) >= 11 is 1.87. The third-order valence-corrected chi connectivity index (χ3v) is 10.2. The van der Waals surface area contributed by atoms with Gasteiger partial charge in [-0.2, -0.15) is 0 Å². The highest BCUT2D eigenvalue weighted by Gasteiger charge is 2.42. The topological polar surface area (TPSA) is 34.1 Å². The molecule has 0 aromatic carbocycles. The van der Waals surface area contributed by atoms with Gasteiger partial charge in [0.2, 0.25) is 0 Å². The van der Waals surface area contributed by atoms with Gasteiger partial charge in [-0.05, 0) is 90.4 Å². The van der Waals surface area contributed by atoms with Gasteiger partial charge in [0, 0.05) is 32.7 Å². The van der Waals surface area contributed by atoms with E-state index >= 15 is 0 Å². The minimum Gasteiger partial charge on any atom is -0.299 e. The van der Waals surface area contributed by atoms with E-state index in [9.17, 15) is 9.59 Å². The SMILES string of the molecule is CC1=C(C)C(=C(c2ccc(C(=C3C(C)C(C)C(=O)C(C)C3C)C(C)(C)C)s2)C(C)(C)C)C(C)=C(C)C1=O. The molecule has 2 aliphatic carbocycles. The molecule has 0 amide bonds. The number of rotatable bonds is 2. The summed E-state index contributed by atoms with van der Waals surface area (Å²) in [4.78, 5) is 28.4. The van der Waals surface area contributed by atoms with E-state index in [1.165, 1.54) is 32.0 Å². The molecule has 202 valence electrons. The number of carbonyl (C=O) groups excluding carboxylic acids is 2. The smallest absolute Gasteiger partial charge is 0.184 e. The first kappa shape index (κ1) is 29.6. The molecule has 1 heterocycles. The molecular weight excluding hydrogens is 472 g/mol. The Bertz CT molecular complexity index is 1210. The zero-order valence-corrected chi connectivity index (χ0v) is 26.5. The Morgan fingerprint density at radius 2 is 1.00 bits per heavy atom. The zero-order chi connectivity index (χ0) is 28.4. The molecule has 0 saturated heterocycles. The van der Waals surface area contributed by atoms with Crippen LogP contribution in [0.25, 0.3) is 11.1 Å². The van der Waals surface area contributed by atoms with Gasteiger partial charge in [0.15, 0.2) is 5.78 Å². The predicted octanol–water partition coefficient (Wildman–Crippen LogP) is 9.73. The molecule has 0 bridgehead atoms. The molecule has 1 aromatic heterocycles. The predicted molar refractivity (Wildman–Crippen MR) is 160 cm³/mol. The fourth-order valence-corrected chi connectivity index (χ4v) is 7.93. The summed E-state index contributed by atoms with van der Waals surface area (Å²) in [5.74, 6) is 1.09. The third-order valence-electron chi connectivity index (χ3n) is 9.07. The summed E-state index contributed by atoms with van der Waals surface area (Å²) in [5.41, 5.74) is 9.14. The second-order valence-electron chi connectivity index (χ2n) is 13.6. The lowest BCUT2D eigenvalue weighted by molar-refractivity contribution is -0.129. The van der Waals surface area contributed by atoms with Gasteiger partial charge in [0.1, 0.15) is 5.78 Å². The van der Waals surface area contributed by atoms with Crippen LogP contribution in [-0.2, 0) is 9.59 Å². The van der Waals surface area contributed by atoms with Gasteiger partial charge in [0.05, 0.1) is 0 Å². The van der Waals surface area contributed by atoms with E-state index in [0.717, 1.165) is 22.3 Å². The van der Waals surface area contributed by atoms with E-state index in [1.807, 2.05) is 25.2 Å². The van der Waals surface area contributed by atoms with Gasteiger partial charge in [-0.15, -0.1) is 11.3 Å². The molecular formula is C34H48O2S. The highest BCUT2D eigenvalue weighted by Crippen LogP contribution is 2.52. The van der Waals surface area contributed by atoms with Gasteiger partial charge in [0.25, 0.3) is 0 Å². The van der Waals surface area contributed by atoms with E-state index in [4.69, 9.17) is 0 Å². The van der Waals surface area contributed by atoms with Crippen LogP contribution in [0.4, 0.5) is 0 Å². The number of ketones is 2. The summed E-state index contributed by atoms with van der Waals surface area (Å²) in [5, 5.41) is 0. The van der Waals surface area contributed by atoms with Gasteiger partial charge in [-0.1, -0.05) is 74.8 Å². The second-order valence-corrected chi connectivity index (χ2v) is 14.7. The molecule has 3 rings (SSSR count). The van der Waals surface area contributed by atoms with Crippen molar-refractivity contribution in [2.75, 3.05) is 0 Å². The number of thiophene rings is 1. The summed E-state index contributed by atoms with van der Waals surface area (Å²) in [6, 6.07) is 4.59. The molecule has 0 spiro atoms. The Kier molecular flexibility index (Phi) is 7.95. The molecule has 0 N–H and O–H groups in total. The quantitative estimate of drug-likeness (QED) is 0.389. The van der Waals surface area contributed by atoms with Crippen LogP contribution in [0, 0.1) is 34.5 Å². The fourth-order valence-electron chi connectivity index (χ4n) is 6.39. The maximum Gasteiger partial charge on any atom is 0.184 e. The van der Waals surface area contributed by atoms with E-state index < -0.39 is 0 Å². The van der Waals surface area contributed by atoms with E-state index in [-0.39, 0.29) is 40.3 Å². The van der Waals surface area contributed by atoms with Crippen LogP contribution < -0.4 is 0 Å². The van der Waals surface area contributed by atoms with E-state index in [2.05, 4.69) is 95.2 Å². The third kappa shape index (κ3) is 5.05. The highest BCUT2D eigenvalue weighted by atomic mass is 32.1. The summed E-state index contributed by atoms with van der Waals surface area (Å²) in [7, 11) is 0. The maximum atomic E-state index is 13.0. The van der Waals surface area contributed by atoms with Gasteiger partial charge in [-0.3, -0.25) is 9.59 Å². The maximum absolute atomic E-state index is 13.0. The average Bonchev–Trinajstić information content (AvgIpc) is 3.25. The highest BCUT2D eigenvalue weighted by molar-refractivity contribution is 7.14. The van der Waals surface area contributed by atoms with Gasteiger partial charge in [-0.25, -0.2) is 0 Å². The average molecular weight is 521 g/mol. The van der Waals surface area contributed by atoms with Gasteiger partial charge < -0.3 is 0 Å². The normalized spacial score (nSPS) is 25.9. The number of carbonyl (C=O) groups is 2. The van der Waals surface area contributed by atoms with Crippen LogP contribution in [-0.4, -0.2) is 11.6 Å². The van der Waals surface area contributed by atoms with Crippen LogP contribution in [0.5, 0.6) is 0 Å². The first-order chi connectivity index (χ1) is 16.8. The zero-order valence-electron chi connectivity index (χ0n) is 25.7. The fraction of sp³-hybridized carbons (Fsp3) is 0.588. The standard InChI is InChI=1S/C34H48O2S/c1-17-21(5)31(35)22(6)18(2)27(17)29(33(9,10)11)25-15-16-26(37-25)30(34(12,13)14)28-19(3)23(7)32(36)24(8)20(28)4/h15-18,21-22H,1-14H3. The molecule has 2 aliphatic rings. The lowest BCUT2D eigenvalue weighted by Crippen LogP contribution is -2.39. The van der Waals surface area contributed by atoms with Crippen molar-refractivity contribution in [1.29, 1.82) is 0 Å². The van der Waals surface area contributed by atoms with Crippen molar-refractivity contribution in [2.45, 2.75) is 96.9 Å². The Morgan fingerprint density at radius 1 is 0.622 bits per heavy atom. The van der Waals surface area contributed by atoms with Crippen molar-refractivity contribution in [3.8, 4) is 0 Å². The number of hydrogen-bond donors (Lipinski definition) is 0. The molecule has 2 nitrogen and oxygen atoms in total. The summed E-state index contributed by atoms with van der Waals surface area (Å²) < 4.78 is 0. The molecule has 1 saturated carbocycles. The van der Waals surface area contributed by atoms with Crippen LogP contribution in [0.3, 0.4) is 0 Å². The minimum absolute atomic E-state index is 0.0385. The van der Waals surface area contributed by atoms with Crippen molar-refractivity contribution in [3.63, 3.8) is 0 Å². The van der Waals surface area contributed by atoms with Crippen molar-refractivity contribution in [1.82, 2.24) is 0 Å². The van der Waals surface area contributed by atoms with Crippen LogP contribution in [0.2, 0.25) is 0 Å². The molecule has 0 radical (unpaired) electrons.